The highest BCUT2D eigenvalue weighted by atomic mass is 16.5. The number of hydrogen-bond donors (Lipinski definition) is 0. The molecule has 1 saturated heterocycles. The fourth-order valence-electron chi connectivity index (χ4n) is 2.71. The molecule has 1 aliphatic heterocycles. The molecule has 0 unspecified atom stereocenters. The van der Waals surface area contributed by atoms with Crippen LogP contribution >= 0.6 is 0 Å². The van der Waals surface area contributed by atoms with E-state index < -0.39 is 0 Å². The fraction of sp³-hybridized carbons (Fsp3) is 0.316. The summed E-state index contributed by atoms with van der Waals surface area (Å²) in [7, 11) is 0. The SMILES string of the molecule is O=C(CN1CCCC1)c1ccc(OCc2ccccc2)cc1. The molecule has 1 fully saturated rings. The van der Waals surface area contributed by atoms with Crippen molar-refractivity contribution in [3.63, 3.8) is 0 Å². The third kappa shape index (κ3) is 3.95. The highest BCUT2D eigenvalue weighted by molar-refractivity contribution is 5.97. The second-order valence-electron chi connectivity index (χ2n) is 5.71. The molecule has 2 aromatic carbocycles. The summed E-state index contributed by atoms with van der Waals surface area (Å²) in [5, 5.41) is 0. The molecule has 0 saturated carbocycles. The smallest absolute Gasteiger partial charge is 0.176 e. The summed E-state index contributed by atoms with van der Waals surface area (Å²) in [5.74, 6) is 0.984. The minimum absolute atomic E-state index is 0.191. The van der Waals surface area contributed by atoms with E-state index in [1.54, 1.807) is 0 Å². The van der Waals surface area contributed by atoms with Crippen LogP contribution in [0.5, 0.6) is 5.75 Å². The molecule has 22 heavy (non-hydrogen) atoms. The molecule has 0 spiro atoms. The second-order valence-corrected chi connectivity index (χ2v) is 5.71. The Labute approximate surface area is 131 Å². The van der Waals surface area contributed by atoms with Gasteiger partial charge in [0.25, 0.3) is 0 Å². The Bertz CT molecular complexity index is 601. The van der Waals surface area contributed by atoms with E-state index in [-0.39, 0.29) is 5.78 Å². The molecule has 3 nitrogen and oxygen atoms in total. The van der Waals surface area contributed by atoms with Crippen LogP contribution in [0.4, 0.5) is 0 Å². The zero-order valence-electron chi connectivity index (χ0n) is 12.7. The summed E-state index contributed by atoms with van der Waals surface area (Å²) < 4.78 is 5.74. The lowest BCUT2D eigenvalue weighted by Crippen LogP contribution is -2.26. The molecular weight excluding hydrogens is 274 g/mol. The fourth-order valence-corrected chi connectivity index (χ4v) is 2.71. The Hall–Kier alpha value is -2.13. The summed E-state index contributed by atoms with van der Waals surface area (Å²) in [5.41, 5.74) is 1.90. The van der Waals surface area contributed by atoms with Gasteiger partial charge in [0.1, 0.15) is 12.4 Å². The Balaban J connectivity index is 1.54. The first-order chi connectivity index (χ1) is 10.8. The zero-order valence-corrected chi connectivity index (χ0v) is 12.7. The normalized spacial score (nSPS) is 14.9. The predicted molar refractivity (Wildman–Crippen MR) is 87.2 cm³/mol. The van der Waals surface area contributed by atoms with Crippen molar-refractivity contribution in [3.8, 4) is 5.75 Å². The maximum absolute atomic E-state index is 12.2. The lowest BCUT2D eigenvalue weighted by atomic mass is 10.1. The first-order valence-corrected chi connectivity index (χ1v) is 7.83. The van der Waals surface area contributed by atoms with E-state index in [1.807, 2.05) is 54.6 Å². The van der Waals surface area contributed by atoms with Gasteiger partial charge < -0.3 is 4.74 Å². The summed E-state index contributed by atoms with van der Waals surface area (Å²) >= 11 is 0. The van der Waals surface area contributed by atoms with E-state index >= 15 is 0 Å². The Morgan fingerprint density at radius 3 is 2.32 bits per heavy atom. The molecule has 1 aliphatic rings. The van der Waals surface area contributed by atoms with Gasteiger partial charge in [0, 0.05) is 5.56 Å². The van der Waals surface area contributed by atoms with Crippen molar-refractivity contribution >= 4 is 5.78 Å². The predicted octanol–water partition coefficient (Wildman–Crippen LogP) is 3.54. The highest BCUT2D eigenvalue weighted by Crippen LogP contribution is 2.16. The zero-order chi connectivity index (χ0) is 15.2. The van der Waals surface area contributed by atoms with Crippen molar-refractivity contribution in [3.05, 3.63) is 65.7 Å². The number of ketones is 1. The van der Waals surface area contributed by atoms with E-state index in [4.69, 9.17) is 4.74 Å². The minimum Gasteiger partial charge on any atom is -0.489 e. The van der Waals surface area contributed by atoms with Gasteiger partial charge >= 0.3 is 0 Å². The maximum atomic E-state index is 12.2. The molecule has 3 heteroatoms. The highest BCUT2D eigenvalue weighted by Gasteiger charge is 2.16. The molecular formula is C19H21NO2. The number of carbonyl (C=O) groups excluding carboxylic acids is 1. The van der Waals surface area contributed by atoms with Crippen LogP contribution in [0.3, 0.4) is 0 Å². The van der Waals surface area contributed by atoms with Crippen LogP contribution in [0, 0.1) is 0 Å². The molecule has 0 radical (unpaired) electrons. The first kappa shape index (κ1) is 14.8. The molecule has 1 heterocycles. The van der Waals surface area contributed by atoms with Crippen LogP contribution in [0.25, 0.3) is 0 Å². The number of hydrogen-bond acceptors (Lipinski definition) is 3. The van der Waals surface area contributed by atoms with Crippen LogP contribution in [-0.4, -0.2) is 30.3 Å². The second kappa shape index (κ2) is 7.23. The standard InChI is InChI=1S/C19H21NO2/c21-19(14-20-12-4-5-13-20)17-8-10-18(11-9-17)22-15-16-6-2-1-3-7-16/h1-3,6-11H,4-5,12-15H2. The number of ether oxygens (including phenoxy) is 1. The lowest BCUT2D eigenvalue weighted by Gasteiger charge is -2.13. The van der Waals surface area contributed by atoms with Gasteiger partial charge in [-0.1, -0.05) is 30.3 Å². The van der Waals surface area contributed by atoms with Gasteiger partial charge in [-0.25, -0.2) is 0 Å². The molecule has 0 bridgehead atoms. The van der Waals surface area contributed by atoms with Gasteiger partial charge in [0.05, 0.1) is 6.54 Å². The molecule has 3 rings (SSSR count). The molecule has 0 atom stereocenters. The molecule has 0 aliphatic carbocycles. The van der Waals surface area contributed by atoms with Gasteiger partial charge in [0.2, 0.25) is 0 Å². The Kier molecular flexibility index (Phi) is 4.86. The number of likely N-dealkylation sites (tertiary alicyclic amines) is 1. The van der Waals surface area contributed by atoms with Crippen molar-refractivity contribution in [1.29, 1.82) is 0 Å². The molecule has 0 amide bonds. The van der Waals surface area contributed by atoms with Gasteiger partial charge in [-0.05, 0) is 55.8 Å². The van der Waals surface area contributed by atoms with Crippen LogP contribution in [0.15, 0.2) is 54.6 Å². The average Bonchev–Trinajstić information content (AvgIpc) is 3.07. The molecule has 2 aromatic rings. The summed E-state index contributed by atoms with van der Waals surface area (Å²) in [6.45, 7) is 3.17. The van der Waals surface area contributed by atoms with Gasteiger partial charge in [-0.3, -0.25) is 9.69 Å². The van der Waals surface area contributed by atoms with Crippen molar-refractivity contribution in [2.45, 2.75) is 19.4 Å². The van der Waals surface area contributed by atoms with Crippen molar-refractivity contribution < 1.29 is 9.53 Å². The van der Waals surface area contributed by atoms with E-state index in [2.05, 4.69) is 4.90 Å². The molecule has 114 valence electrons. The number of carbonyl (C=O) groups is 1. The lowest BCUT2D eigenvalue weighted by molar-refractivity contribution is 0.0945. The third-order valence-corrected chi connectivity index (χ3v) is 3.99. The van der Waals surface area contributed by atoms with Gasteiger partial charge in [0.15, 0.2) is 5.78 Å². The van der Waals surface area contributed by atoms with Crippen molar-refractivity contribution in [2.75, 3.05) is 19.6 Å². The summed E-state index contributed by atoms with van der Waals surface area (Å²) in [4.78, 5) is 14.4. The van der Waals surface area contributed by atoms with Crippen molar-refractivity contribution in [1.82, 2.24) is 4.90 Å². The number of benzene rings is 2. The monoisotopic (exact) mass is 295 g/mol. The number of rotatable bonds is 6. The van der Waals surface area contributed by atoms with E-state index in [9.17, 15) is 4.79 Å². The Morgan fingerprint density at radius 2 is 1.64 bits per heavy atom. The third-order valence-electron chi connectivity index (χ3n) is 3.99. The first-order valence-electron chi connectivity index (χ1n) is 7.83. The van der Waals surface area contributed by atoms with Crippen molar-refractivity contribution in [2.24, 2.45) is 0 Å². The topological polar surface area (TPSA) is 29.5 Å². The van der Waals surface area contributed by atoms with Gasteiger partial charge in [-0.15, -0.1) is 0 Å². The minimum atomic E-state index is 0.191. The summed E-state index contributed by atoms with van der Waals surface area (Å²) in [6, 6.07) is 17.5. The number of nitrogens with zero attached hydrogens (tertiary/aromatic N) is 1. The van der Waals surface area contributed by atoms with Crippen LogP contribution < -0.4 is 4.74 Å². The van der Waals surface area contributed by atoms with Crippen LogP contribution in [-0.2, 0) is 6.61 Å². The molecule has 0 aromatic heterocycles. The van der Waals surface area contributed by atoms with Crippen LogP contribution in [0.2, 0.25) is 0 Å². The average molecular weight is 295 g/mol. The quantitative estimate of drug-likeness (QED) is 0.763. The maximum Gasteiger partial charge on any atom is 0.176 e. The molecule has 0 N–H and O–H groups in total. The van der Waals surface area contributed by atoms with E-state index in [1.165, 1.54) is 12.8 Å². The van der Waals surface area contributed by atoms with E-state index in [0.29, 0.717) is 13.2 Å². The van der Waals surface area contributed by atoms with Gasteiger partial charge in [-0.2, -0.15) is 0 Å². The Morgan fingerprint density at radius 1 is 0.955 bits per heavy atom. The summed E-state index contributed by atoms with van der Waals surface area (Å²) in [6.07, 6.45) is 2.42. The van der Waals surface area contributed by atoms with E-state index in [0.717, 1.165) is 30.0 Å². The largest absolute Gasteiger partial charge is 0.489 e. The van der Waals surface area contributed by atoms with Crippen LogP contribution in [0.1, 0.15) is 28.8 Å². The number of Topliss-reactive ketones (excluding diaryl/α,β-unsaturated/α-hetero) is 1.